The Bertz CT molecular complexity index is 834. The quantitative estimate of drug-likeness (QED) is 0.705. The van der Waals surface area contributed by atoms with Crippen LogP contribution in [0.15, 0.2) is 42.5 Å². The number of carbonyl (C=O) groups excluding carboxylic acids is 1. The third-order valence-corrected chi connectivity index (χ3v) is 6.45. The summed E-state index contributed by atoms with van der Waals surface area (Å²) in [6.45, 7) is 4.56. The molecule has 2 heterocycles. The van der Waals surface area contributed by atoms with Crippen molar-refractivity contribution in [1.82, 2.24) is 4.90 Å². The molecule has 0 unspecified atom stereocenters. The monoisotopic (exact) mass is 402 g/mol. The van der Waals surface area contributed by atoms with Gasteiger partial charge in [-0.15, -0.1) is 0 Å². The minimum absolute atomic E-state index is 0.0219. The van der Waals surface area contributed by atoms with Crippen molar-refractivity contribution < 1.29 is 4.79 Å². The summed E-state index contributed by atoms with van der Waals surface area (Å²) in [5, 5.41) is 1.39. The normalized spacial score (nSPS) is 22.7. The molecule has 0 N–H and O–H groups in total. The Morgan fingerprint density at radius 3 is 2.63 bits per heavy atom. The molecule has 2 aromatic carbocycles. The highest BCUT2D eigenvalue weighted by molar-refractivity contribution is 6.35. The molecule has 1 saturated heterocycles. The van der Waals surface area contributed by atoms with Crippen molar-refractivity contribution in [3.8, 4) is 0 Å². The van der Waals surface area contributed by atoms with E-state index in [0.29, 0.717) is 16.6 Å². The summed E-state index contributed by atoms with van der Waals surface area (Å²) >= 11 is 12.7. The van der Waals surface area contributed by atoms with Gasteiger partial charge in [0.1, 0.15) is 0 Å². The summed E-state index contributed by atoms with van der Waals surface area (Å²) < 4.78 is 0. The molecule has 0 bridgehead atoms. The molecule has 2 aliphatic heterocycles. The van der Waals surface area contributed by atoms with Crippen LogP contribution in [0.3, 0.4) is 0 Å². The van der Waals surface area contributed by atoms with Gasteiger partial charge in [-0.2, -0.15) is 0 Å². The lowest BCUT2D eigenvalue weighted by atomic mass is 9.95. The number of fused-ring (bicyclic) bond motifs is 1. The number of halogens is 2. The molecule has 0 aliphatic carbocycles. The maximum atomic E-state index is 13.4. The van der Waals surface area contributed by atoms with E-state index < -0.39 is 0 Å². The van der Waals surface area contributed by atoms with E-state index in [1.54, 1.807) is 0 Å². The van der Waals surface area contributed by atoms with E-state index in [9.17, 15) is 4.79 Å². The second-order valence-electron chi connectivity index (χ2n) is 7.66. The van der Waals surface area contributed by atoms with E-state index in [2.05, 4.69) is 30.0 Å². The first-order chi connectivity index (χ1) is 13.0. The number of nitrogens with zero attached hydrogens (tertiary/aromatic N) is 2. The molecule has 5 heteroatoms. The average molecular weight is 403 g/mol. The number of hydrogen-bond donors (Lipinski definition) is 0. The van der Waals surface area contributed by atoms with Crippen LogP contribution in [-0.2, 0) is 17.8 Å². The van der Waals surface area contributed by atoms with Gasteiger partial charge in [0.25, 0.3) is 0 Å². The van der Waals surface area contributed by atoms with Crippen molar-refractivity contribution in [3.05, 3.63) is 63.6 Å². The van der Waals surface area contributed by atoms with Gasteiger partial charge in [0, 0.05) is 40.4 Å². The minimum Gasteiger partial charge on any atom is -0.309 e. The van der Waals surface area contributed by atoms with Crippen molar-refractivity contribution in [2.75, 3.05) is 18.0 Å². The number of rotatable bonds is 3. The van der Waals surface area contributed by atoms with E-state index in [4.69, 9.17) is 23.2 Å². The number of piperidine rings is 1. The van der Waals surface area contributed by atoms with Crippen molar-refractivity contribution in [1.29, 1.82) is 0 Å². The fraction of sp³-hybridized carbons (Fsp3) is 0.409. The zero-order chi connectivity index (χ0) is 19.0. The highest BCUT2D eigenvalue weighted by atomic mass is 35.5. The summed E-state index contributed by atoms with van der Waals surface area (Å²) in [5.41, 5.74) is 3.31. The molecule has 142 valence electrons. The summed E-state index contributed by atoms with van der Waals surface area (Å²) in [6.07, 6.45) is 2.90. The molecule has 0 spiro atoms. The van der Waals surface area contributed by atoms with Crippen LogP contribution >= 0.6 is 23.2 Å². The highest BCUT2D eigenvalue weighted by Crippen LogP contribution is 2.35. The highest BCUT2D eigenvalue weighted by Gasteiger charge is 2.36. The minimum atomic E-state index is 0.0219. The fourth-order valence-corrected chi connectivity index (χ4v) is 4.92. The molecular formula is C22H24Cl2N2O. The SMILES string of the molecule is C[C@H]1Cc2ccccc2N1C(=O)[C@@H]1CCCN(Cc2c(Cl)cccc2Cl)C1. The largest absolute Gasteiger partial charge is 0.309 e. The summed E-state index contributed by atoms with van der Waals surface area (Å²) in [6, 6.07) is 14.1. The van der Waals surface area contributed by atoms with Crippen LogP contribution < -0.4 is 4.90 Å². The Morgan fingerprint density at radius 2 is 1.85 bits per heavy atom. The third-order valence-electron chi connectivity index (χ3n) is 5.74. The molecule has 1 amide bonds. The van der Waals surface area contributed by atoms with Crippen LogP contribution in [-0.4, -0.2) is 29.9 Å². The molecule has 3 nitrogen and oxygen atoms in total. The van der Waals surface area contributed by atoms with Gasteiger partial charge in [0.05, 0.1) is 5.92 Å². The second-order valence-corrected chi connectivity index (χ2v) is 8.48. The Labute approximate surface area is 170 Å². The van der Waals surface area contributed by atoms with Gasteiger partial charge < -0.3 is 4.90 Å². The van der Waals surface area contributed by atoms with E-state index in [1.165, 1.54) is 5.56 Å². The zero-order valence-electron chi connectivity index (χ0n) is 15.5. The second kappa shape index (κ2) is 7.83. The first-order valence-corrected chi connectivity index (χ1v) is 10.4. The van der Waals surface area contributed by atoms with Crippen LogP contribution in [0.4, 0.5) is 5.69 Å². The molecule has 0 saturated carbocycles. The molecule has 4 rings (SSSR count). The summed E-state index contributed by atoms with van der Waals surface area (Å²) in [7, 11) is 0. The lowest BCUT2D eigenvalue weighted by molar-refractivity contribution is -0.124. The van der Waals surface area contributed by atoms with Gasteiger partial charge in [0.15, 0.2) is 0 Å². The molecule has 2 aliphatic rings. The first-order valence-electron chi connectivity index (χ1n) is 9.61. The van der Waals surface area contributed by atoms with E-state index >= 15 is 0 Å². The Morgan fingerprint density at radius 1 is 1.11 bits per heavy atom. The number of carbonyl (C=O) groups is 1. The Hall–Kier alpha value is -1.55. The average Bonchev–Trinajstić information content (AvgIpc) is 3.00. The standard InChI is InChI=1S/C22H24Cl2N2O/c1-15-12-16-6-2-3-10-21(16)26(15)22(27)17-7-5-11-25(13-17)14-18-19(23)8-4-9-20(18)24/h2-4,6,8-10,15,17H,5,7,11-14H2,1H3/t15-,17+/m0/s1. The van der Waals surface area contributed by atoms with Crippen LogP contribution in [0.5, 0.6) is 0 Å². The van der Waals surface area contributed by atoms with Crippen molar-refractivity contribution in [3.63, 3.8) is 0 Å². The molecule has 27 heavy (non-hydrogen) atoms. The summed E-state index contributed by atoms with van der Waals surface area (Å²) in [5.74, 6) is 0.274. The van der Waals surface area contributed by atoms with Crippen LogP contribution in [0.1, 0.15) is 30.9 Å². The van der Waals surface area contributed by atoms with Gasteiger partial charge >= 0.3 is 0 Å². The number of benzene rings is 2. The lowest BCUT2D eigenvalue weighted by Gasteiger charge is -2.35. The molecule has 0 radical (unpaired) electrons. The van der Waals surface area contributed by atoms with E-state index in [1.807, 2.05) is 29.2 Å². The van der Waals surface area contributed by atoms with Gasteiger partial charge in [-0.25, -0.2) is 0 Å². The maximum Gasteiger partial charge on any atom is 0.231 e. The zero-order valence-corrected chi connectivity index (χ0v) is 17.0. The molecule has 2 atom stereocenters. The van der Waals surface area contributed by atoms with Crippen molar-refractivity contribution in [2.24, 2.45) is 5.92 Å². The first kappa shape index (κ1) is 18.8. The van der Waals surface area contributed by atoms with E-state index in [0.717, 1.165) is 43.6 Å². The number of hydrogen-bond acceptors (Lipinski definition) is 2. The van der Waals surface area contributed by atoms with Crippen molar-refractivity contribution >= 4 is 34.8 Å². The number of amides is 1. The third kappa shape index (κ3) is 3.73. The Kier molecular flexibility index (Phi) is 5.45. The number of anilines is 1. The molecule has 0 aromatic heterocycles. The van der Waals surface area contributed by atoms with Crippen molar-refractivity contribution in [2.45, 2.75) is 38.8 Å². The number of likely N-dealkylation sites (tertiary alicyclic amines) is 1. The predicted octanol–water partition coefficient (Wildman–Crippen LogP) is 5.18. The van der Waals surface area contributed by atoms with Crippen LogP contribution in [0.25, 0.3) is 0 Å². The van der Waals surface area contributed by atoms with E-state index in [-0.39, 0.29) is 17.9 Å². The van der Waals surface area contributed by atoms with Crippen LogP contribution in [0.2, 0.25) is 10.0 Å². The lowest BCUT2D eigenvalue weighted by Crippen LogP contribution is -2.46. The molecule has 1 fully saturated rings. The topological polar surface area (TPSA) is 23.6 Å². The predicted molar refractivity (Wildman–Crippen MR) is 112 cm³/mol. The van der Waals surface area contributed by atoms with Gasteiger partial charge in [-0.05, 0) is 56.5 Å². The molecule has 2 aromatic rings. The fourth-order valence-electron chi connectivity index (χ4n) is 4.41. The maximum absolute atomic E-state index is 13.4. The smallest absolute Gasteiger partial charge is 0.231 e. The molecular weight excluding hydrogens is 379 g/mol. The van der Waals surface area contributed by atoms with Gasteiger partial charge in [0.2, 0.25) is 5.91 Å². The van der Waals surface area contributed by atoms with Gasteiger partial charge in [-0.1, -0.05) is 47.5 Å². The Balaban J connectivity index is 1.49. The van der Waals surface area contributed by atoms with Crippen LogP contribution in [0, 0.1) is 5.92 Å². The van der Waals surface area contributed by atoms with Gasteiger partial charge in [-0.3, -0.25) is 9.69 Å². The number of para-hydroxylation sites is 1. The summed E-state index contributed by atoms with van der Waals surface area (Å²) in [4.78, 5) is 17.7.